The summed E-state index contributed by atoms with van der Waals surface area (Å²) in [6.07, 6.45) is 2.06. The lowest BCUT2D eigenvalue weighted by Gasteiger charge is -2.19. The summed E-state index contributed by atoms with van der Waals surface area (Å²) in [4.78, 5) is 23.9. The Morgan fingerprint density at radius 1 is 1.43 bits per heavy atom. The van der Waals surface area contributed by atoms with E-state index in [9.17, 15) is 9.59 Å². The number of likely N-dealkylation sites (N-methyl/N-ethyl adjacent to an activating group) is 1. The van der Waals surface area contributed by atoms with Gasteiger partial charge in [-0.05, 0) is 19.9 Å². The lowest BCUT2D eigenvalue weighted by molar-refractivity contribution is -0.125. The van der Waals surface area contributed by atoms with Gasteiger partial charge in [-0.3, -0.25) is 9.69 Å². The van der Waals surface area contributed by atoms with Crippen LogP contribution in [0.3, 0.4) is 0 Å². The first-order valence-corrected chi connectivity index (χ1v) is 4.88. The first-order chi connectivity index (χ1) is 6.65. The Labute approximate surface area is 83.8 Å². The summed E-state index contributed by atoms with van der Waals surface area (Å²) < 4.78 is 0. The molecule has 0 aromatic rings. The van der Waals surface area contributed by atoms with Crippen LogP contribution < -0.4 is 10.6 Å². The molecule has 14 heavy (non-hydrogen) atoms. The highest BCUT2D eigenvalue weighted by Gasteiger charge is 2.26. The van der Waals surface area contributed by atoms with E-state index in [1.54, 1.807) is 7.05 Å². The van der Waals surface area contributed by atoms with E-state index in [0.29, 0.717) is 19.1 Å². The molecule has 0 bridgehead atoms. The SMILES string of the molecule is CNCCN(C(C)=O)C(=O)NC1CC1. The molecule has 0 aromatic carbocycles. The maximum Gasteiger partial charge on any atom is 0.324 e. The monoisotopic (exact) mass is 199 g/mol. The Kier molecular flexibility index (Phi) is 3.88. The molecule has 0 atom stereocenters. The maximum absolute atomic E-state index is 11.5. The first-order valence-electron chi connectivity index (χ1n) is 4.88. The highest BCUT2D eigenvalue weighted by Crippen LogP contribution is 2.18. The average Bonchev–Trinajstić information content (AvgIpc) is 2.88. The number of urea groups is 1. The maximum atomic E-state index is 11.5. The van der Waals surface area contributed by atoms with E-state index in [0.717, 1.165) is 12.8 Å². The van der Waals surface area contributed by atoms with Gasteiger partial charge in [0.25, 0.3) is 0 Å². The molecule has 0 aliphatic heterocycles. The van der Waals surface area contributed by atoms with E-state index < -0.39 is 0 Å². The molecule has 1 aliphatic rings. The van der Waals surface area contributed by atoms with Crippen LogP contribution in [0, 0.1) is 0 Å². The lowest BCUT2D eigenvalue weighted by Crippen LogP contribution is -2.46. The number of carbonyl (C=O) groups excluding carboxylic acids is 2. The molecule has 2 N–H and O–H groups in total. The molecule has 0 heterocycles. The van der Waals surface area contributed by atoms with Crippen LogP contribution in [-0.2, 0) is 4.79 Å². The predicted octanol–water partition coefficient (Wildman–Crippen LogP) is -0.0737. The lowest BCUT2D eigenvalue weighted by atomic mass is 10.5. The van der Waals surface area contributed by atoms with E-state index in [-0.39, 0.29) is 11.9 Å². The van der Waals surface area contributed by atoms with Crippen molar-refractivity contribution >= 4 is 11.9 Å². The summed E-state index contributed by atoms with van der Waals surface area (Å²) in [5.74, 6) is -0.210. The first kappa shape index (κ1) is 11.0. The number of carbonyl (C=O) groups is 2. The van der Waals surface area contributed by atoms with Gasteiger partial charge in [-0.15, -0.1) is 0 Å². The van der Waals surface area contributed by atoms with Gasteiger partial charge in [0.1, 0.15) is 0 Å². The van der Waals surface area contributed by atoms with Gasteiger partial charge >= 0.3 is 6.03 Å². The van der Waals surface area contributed by atoms with E-state index in [1.807, 2.05) is 0 Å². The Morgan fingerprint density at radius 2 is 2.07 bits per heavy atom. The fourth-order valence-corrected chi connectivity index (χ4v) is 1.11. The second-order valence-electron chi connectivity index (χ2n) is 3.50. The number of nitrogens with one attached hydrogen (secondary N) is 2. The minimum atomic E-state index is -0.268. The molecule has 5 heteroatoms. The molecule has 5 nitrogen and oxygen atoms in total. The minimum Gasteiger partial charge on any atom is -0.335 e. The highest BCUT2D eigenvalue weighted by atomic mass is 16.2. The molecule has 0 radical (unpaired) electrons. The van der Waals surface area contributed by atoms with Crippen molar-refractivity contribution < 1.29 is 9.59 Å². The molecule has 0 spiro atoms. The summed E-state index contributed by atoms with van der Waals surface area (Å²) >= 11 is 0. The van der Waals surface area contributed by atoms with E-state index in [2.05, 4.69) is 10.6 Å². The van der Waals surface area contributed by atoms with Crippen LogP contribution in [0.4, 0.5) is 4.79 Å². The van der Waals surface area contributed by atoms with Crippen LogP contribution in [-0.4, -0.2) is 43.0 Å². The molecule has 1 fully saturated rings. The summed E-state index contributed by atoms with van der Waals surface area (Å²) in [6.45, 7) is 2.45. The zero-order chi connectivity index (χ0) is 10.6. The third kappa shape index (κ3) is 3.33. The zero-order valence-electron chi connectivity index (χ0n) is 8.67. The Bertz CT molecular complexity index is 226. The van der Waals surface area contributed by atoms with Crippen LogP contribution >= 0.6 is 0 Å². The van der Waals surface area contributed by atoms with Crippen molar-refractivity contribution in [1.82, 2.24) is 15.5 Å². The Morgan fingerprint density at radius 3 is 2.50 bits per heavy atom. The summed E-state index contributed by atoms with van der Waals surface area (Å²) in [5, 5.41) is 5.69. The number of rotatable bonds is 4. The molecule has 80 valence electrons. The molecular formula is C9H17N3O2. The second-order valence-corrected chi connectivity index (χ2v) is 3.50. The van der Waals surface area contributed by atoms with Crippen LogP contribution in [0.2, 0.25) is 0 Å². The molecule has 3 amide bonds. The molecular weight excluding hydrogens is 182 g/mol. The normalized spacial score (nSPS) is 15.0. The summed E-state index contributed by atoms with van der Waals surface area (Å²) in [7, 11) is 1.79. The van der Waals surface area contributed by atoms with Gasteiger partial charge in [0.2, 0.25) is 5.91 Å². The van der Waals surface area contributed by atoms with Gasteiger partial charge < -0.3 is 10.6 Å². The highest BCUT2D eigenvalue weighted by molar-refractivity contribution is 5.93. The third-order valence-corrected chi connectivity index (χ3v) is 2.12. The quantitative estimate of drug-likeness (QED) is 0.666. The zero-order valence-corrected chi connectivity index (χ0v) is 8.67. The smallest absolute Gasteiger partial charge is 0.324 e. The van der Waals surface area contributed by atoms with Gasteiger partial charge in [0.15, 0.2) is 0 Å². The van der Waals surface area contributed by atoms with Crippen molar-refractivity contribution in [3.8, 4) is 0 Å². The van der Waals surface area contributed by atoms with Crippen molar-refractivity contribution in [2.45, 2.75) is 25.8 Å². The van der Waals surface area contributed by atoms with Crippen molar-refractivity contribution in [2.75, 3.05) is 20.1 Å². The van der Waals surface area contributed by atoms with Crippen molar-refractivity contribution in [2.24, 2.45) is 0 Å². The van der Waals surface area contributed by atoms with Gasteiger partial charge in [-0.1, -0.05) is 0 Å². The van der Waals surface area contributed by atoms with Gasteiger partial charge in [-0.25, -0.2) is 4.79 Å². The molecule has 1 saturated carbocycles. The minimum absolute atomic E-state index is 0.210. The van der Waals surface area contributed by atoms with Crippen LogP contribution in [0.25, 0.3) is 0 Å². The van der Waals surface area contributed by atoms with E-state index >= 15 is 0 Å². The molecule has 0 saturated heterocycles. The molecule has 1 rings (SSSR count). The van der Waals surface area contributed by atoms with Gasteiger partial charge in [0, 0.05) is 26.1 Å². The number of amides is 3. The van der Waals surface area contributed by atoms with Crippen LogP contribution in [0.1, 0.15) is 19.8 Å². The molecule has 0 unspecified atom stereocenters. The summed E-state index contributed by atoms with van der Waals surface area (Å²) in [6, 6.07) is 0.0224. The van der Waals surface area contributed by atoms with Crippen molar-refractivity contribution in [3.05, 3.63) is 0 Å². The van der Waals surface area contributed by atoms with Crippen LogP contribution in [0.5, 0.6) is 0 Å². The topological polar surface area (TPSA) is 61.4 Å². The number of imide groups is 1. The van der Waals surface area contributed by atoms with Gasteiger partial charge in [0.05, 0.1) is 0 Å². The van der Waals surface area contributed by atoms with E-state index in [1.165, 1.54) is 11.8 Å². The van der Waals surface area contributed by atoms with Gasteiger partial charge in [-0.2, -0.15) is 0 Å². The van der Waals surface area contributed by atoms with Crippen molar-refractivity contribution in [1.29, 1.82) is 0 Å². The van der Waals surface area contributed by atoms with Crippen LogP contribution in [0.15, 0.2) is 0 Å². The van der Waals surface area contributed by atoms with Crippen molar-refractivity contribution in [3.63, 3.8) is 0 Å². The largest absolute Gasteiger partial charge is 0.335 e. The third-order valence-electron chi connectivity index (χ3n) is 2.12. The number of hydrogen-bond donors (Lipinski definition) is 2. The standard InChI is InChI=1S/C9H17N3O2/c1-7(13)12(6-5-10-2)9(14)11-8-3-4-8/h8,10H,3-6H2,1-2H3,(H,11,14). The second kappa shape index (κ2) is 4.95. The van der Waals surface area contributed by atoms with E-state index in [4.69, 9.17) is 0 Å². The average molecular weight is 199 g/mol. The predicted molar refractivity (Wildman–Crippen MR) is 52.9 cm³/mol. The Balaban J connectivity index is 2.38. The fourth-order valence-electron chi connectivity index (χ4n) is 1.11. The molecule has 1 aliphatic carbocycles. The number of nitrogens with zero attached hydrogens (tertiary/aromatic N) is 1. The summed E-state index contributed by atoms with van der Waals surface area (Å²) in [5.41, 5.74) is 0. The number of hydrogen-bond acceptors (Lipinski definition) is 3. The fraction of sp³-hybridized carbons (Fsp3) is 0.778. The molecule has 0 aromatic heterocycles. The Hall–Kier alpha value is -1.10.